The van der Waals surface area contributed by atoms with Crippen molar-refractivity contribution >= 4 is 16.8 Å². The van der Waals surface area contributed by atoms with Crippen LogP contribution in [0.4, 0.5) is 0 Å². The number of carbonyl (C=O) groups excluding carboxylic acids is 1. The van der Waals surface area contributed by atoms with Crippen molar-refractivity contribution in [1.82, 2.24) is 9.97 Å². The maximum atomic E-state index is 12.5. The monoisotopic (exact) mass is 284 g/mol. The van der Waals surface area contributed by atoms with E-state index in [9.17, 15) is 4.79 Å². The molecule has 0 bridgehead atoms. The fourth-order valence-corrected chi connectivity index (χ4v) is 1.96. The first-order chi connectivity index (χ1) is 10.2. The van der Waals surface area contributed by atoms with Crippen LogP contribution in [-0.2, 0) is 0 Å². The Morgan fingerprint density at radius 3 is 2.71 bits per heavy atom. The molecule has 0 atom stereocenters. The molecule has 0 aliphatic rings. The van der Waals surface area contributed by atoms with Crippen molar-refractivity contribution in [3.63, 3.8) is 0 Å². The summed E-state index contributed by atoms with van der Waals surface area (Å²) in [7, 11) is 2.88. The standard InChI is InChI=1S/C15H12N2O4/c1-19-12-8-16-13(15(17-12)20-2)14(18)11-7-9-5-3-4-6-10(9)21-11/h3-8H,1-2H3. The van der Waals surface area contributed by atoms with E-state index in [4.69, 9.17) is 13.9 Å². The number of benzene rings is 1. The highest BCUT2D eigenvalue weighted by atomic mass is 16.5. The van der Waals surface area contributed by atoms with E-state index >= 15 is 0 Å². The predicted octanol–water partition coefficient (Wildman–Crippen LogP) is 2.47. The van der Waals surface area contributed by atoms with Crippen molar-refractivity contribution in [2.24, 2.45) is 0 Å². The number of fused-ring (bicyclic) bond motifs is 1. The molecule has 21 heavy (non-hydrogen) atoms. The van der Waals surface area contributed by atoms with Crippen molar-refractivity contribution in [2.45, 2.75) is 0 Å². The Morgan fingerprint density at radius 1 is 1.19 bits per heavy atom. The van der Waals surface area contributed by atoms with Gasteiger partial charge in [0.1, 0.15) is 5.58 Å². The summed E-state index contributed by atoms with van der Waals surface area (Å²) in [6.45, 7) is 0. The van der Waals surface area contributed by atoms with Crippen LogP contribution in [0, 0.1) is 0 Å². The molecule has 3 aromatic rings. The molecule has 0 radical (unpaired) electrons. The number of ether oxygens (including phenoxy) is 2. The molecule has 0 saturated heterocycles. The zero-order valence-electron chi connectivity index (χ0n) is 11.5. The van der Waals surface area contributed by atoms with Crippen molar-refractivity contribution in [3.8, 4) is 11.8 Å². The van der Waals surface area contributed by atoms with E-state index in [-0.39, 0.29) is 23.2 Å². The summed E-state index contributed by atoms with van der Waals surface area (Å²) in [4.78, 5) is 20.6. The van der Waals surface area contributed by atoms with Crippen molar-refractivity contribution in [2.75, 3.05) is 14.2 Å². The minimum Gasteiger partial charge on any atom is -0.480 e. The molecular weight excluding hydrogens is 272 g/mol. The summed E-state index contributed by atoms with van der Waals surface area (Å²) in [6.07, 6.45) is 1.36. The van der Waals surface area contributed by atoms with Gasteiger partial charge in [0.2, 0.25) is 11.8 Å². The molecule has 6 heteroatoms. The zero-order chi connectivity index (χ0) is 14.8. The summed E-state index contributed by atoms with van der Waals surface area (Å²) in [6, 6.07) is 9.05. The highest BCUT2D eigenvalue weighted by Crippen LogP contribution is 2.24. The number of para-hydroxylation sites is 1. The largest absolute Gasteiger partial charge is 0.480 e. The summed E-state index contributed by atoms with van der Waals surface area (Å²) in [5, 5.41) is 0.848. The molecule has 0 aliphatic carbocycles. The van der Waals surface area contributed by atoms with Crippen LogP contribution in [0.2, 0.25) is 0 Å². The summed E-state index contributed by atoms with van der Waals surface area (Å²) in [5.41, 5.74) is 0.721. The van der Waals surface area contributed by atoms with Crippen LogP contribution in [0.5, 0.6) is 11.8 Å². The van der Waals surface area contributed by atoms with Crippen LogP contribution in [0.15, 0.2) is 40.9 Å². The highest BCUT2D eigenvalue weighted by Gasteiger charge is 2.22. The lowest BCUT2D eigenvalue weighted by Gasteiger charge is -2.05. The Labute approximate surface area is 120 Å². The summed E-state index contributed by atoms with van der Waals surface area (Å²) >= 11 is 0. The van der Waals surface area contributed by atoms with Crippen LogP contribution in [0.25, 0.3) is 11.0 Å². The average Bonchev–Trinajstić information content (AvgIpc) is 2.97. The first kappa shape index (κ1) is 13.1. The van der Waals surface area contributed by atoms with Gasteiger partial charge in [-0.05, 0) is 12.1 Å². The third-order valence-electron chi connectivity index (χ3n) is 2.99. The topological polar surface area (TPSA) is 74.5 Å². The number of furan rings is 1. The van der Waals surface area contributed by atoms with Crippen LogP contribution >= 0.6 is 0 Å². The molecular formula is C15H12N2O4. The Bertz CT molecular complexity index is 777. The number of carbonyl (C=O) groups is 1. The SMILES string of the molecule is COc1cnc(C(=O)c2cc3ccccc3o2)c(OC)n1. The lowest BCUT2D eigenvalue weighted by atomic mass is 10.2. The quantitative estimate of drug-likeness (QED) is 0.685. The molecule has 0 spiro atoms. The molecule has 1 aromatic carbocycles. The van der Waals surface area contributed by atoms with Crippen LogP contribution in [-0.4, -0.2) is 30.0 Å². The molecule has 0 unspecified atom stereocenters. The van der Waals surface area contributed by atoms with Crippen LogP contribution < -0.4 is 9.47 Å². The van der Waals surface area contributed by atoms with E-state index in [2.05, 4.69) is 9.97 Å². The molecule has 0 saturated carbocycles. The zero-order valence-corrected chi connectivity index (χ0v) is 11.5. The Morgan fingerprint density at radius 2 is 2.00 bits per heavy atom. The Kier molecular flexibility index (Phi) is 3.27. The van der Waals surface area contributed by atoms with Gasteiger partial charge in [0.05, 0.1) is 20.4 Å². The molecule has 0 aliphatic heterocycles. The van der Waals surface area contributed by atoms with Gasteiger partial charge >= 0.3 is 0 Å². The van der Waals surface area contributed by atoms with E-state index in [1.54, 1.807) is 12.1 Å². The number of rotatable bonds is 4. The van der Waals surface area contributed by atoms with Crippen LogP contribution in [0.3, 0.4) is 0 Å². The van der Waals surface area contributed by atoms with Crippen molar-refractivity contribution in [3.05, 3.63) is 48.0 Å². The molecule has 2 aromatic heterocycles. The van der Waals surface area contributed by atoms with Gasteiger partial charge in [-0.2, -0.15) is 4.98 Å². The van der Waals surface area contributed by atoms with E-state index in [1.807, 2.05) is 18.2 Å². The second-order valence-electron chi connectivity index (χ2n) is 4.25. The van der Waals surface area contributed by atoms with Gasteiger partial charge in [0.25, 0.3) is 5.78 Å². The van der Waals surface area contributed by atoms with Gasteiger partial charge in [-0.3, -0.25) is 4.79 Å². The maximum Gasteiger partial charge on any atom is 0.252 e. The fourth-order valence-electron chi connectivity index (χ4n) is 1.96. The second kappa shape index (κ2) is 5.24. The number of methoxy groups -OCH3 is 2. The molecule has 106 valence electrons. The Balaban J connectivity index is 2.05. The van der Waals surface area contributed by atoms with Crippen molar-refractivity contribution < 1.29 is 18.7 Å². The highest BCUT2D eigenvalue weighted by molar-refractivity contribution is 6.09. The van der Waals surface area contributed by atoms with Gasteiger partial charge in [0, 0.05) is 5.39 Å². The normalized spacial score (nSPS) is 10.6. The van der Waals surface area contributed by atoms with Gasteiger partial charge in [0.15, 0.2) is 11.5 Å². The Hall–Kier alpha value is -2.89. The third kappa shape index (κ3) is 2.31. The second-order valence-corrected chi connectivity index (χ2v) is 4.25. The van der Waals surface area contributed by atoms with Crippen LogP contribution in [0.1, 0.15) is 16.2 Å². The van der Waals surface area contributed by atoms with E-state index in [0.29, 0.717) is 5.58 Å². The number of aromatic nitrogens is 2. The molecule has 3 rings (SSSR count). The predicted molar refractivity (Wildman–Crippen MR) is 74.8 cm³/mol. The molecule has 0 amide bonds. The van der Waals surface area contributed by atoms with E-state index in [1.165, 1.54) is 20.4 Å². The summed E-state index contributed by atoms with van der Waals surface area (Å²) in [5.74, 6) is 0.167. The molecule has 2 heterocycles. The fraction of sp³-hybridized carbons (Fsp3) is 0.133. The molecule has 0 N–H and O–H groups in total. The molecule has 0 fully saturated rings. The lowest BCUT2D eigenvalue weighted by molar-refractivity contribution is 0.100. The maximum absolute atomic E-state index is 12.5. The number of ketones is 1. The summed E-state index contributed by atoms with van der Waals surface area (Å²) < 4.78 is 15.6. The number of nitrogens with zero attached hydrogens (tertiary/aromatic N) is 2. The van der Waals surface area contributed by atoms with Gasteiger partial charge in [-0.15, -0.1) is 0 Å². The molecule has 6 nitrogen and oxygen atoms in total. The minimum atomic E-state index is -0.391. The minimum absolute atomic E-state index is 0.0809. The number of hydrogen-bond acceptors (Lipinski definition) is 6. The first-order valence-corrected chi connectivity index (χ1v) is 6.21. The third-order valence-corrected chi connectivity index (χ3v) is 2.99. The first-order valence-electron chi connectivity index (χ1n) is 6.21. The van der Waals surface area contributed by atoms with E-state index < -0.39 is 5.78 Å². The van der Waals surface area contributed by atoms with Gasteiger partial charge < -0.3 is 13.9 Å². The average molecular weight is 284 g/mol. The smallest absolute Gasteiger partial charge is 0.252 e. The van der Waals surface area contributed by atoms with Gasteiger partial charge in [-0.25, -0.2) is 4.98 Å². The number of hydrogen-bond donors (Lipinski definition) is 0. The van der Waals surface area contributed by atoms with Crippen molar-refractivity contribution in [1.29, 1.82) is 0 Å². The van der Waals surface area contributed by atoms with Gasteiger partial charge in [-0.1, -0.05) is 18.2 Å². The van der Waals surface area contributed by atoms with E-state index in [0.717, 1.165) is 5.39 Å². The lowest BCUT2D eigenvalue weighted by Crippen LogP contribution is -2.08.